The lowest BCUT2D eigenvalue weighted by Crippen LogP contribution is -2.27. The first-order valence-electron chi connectivity index (χ1n) is 6.43. The van der Waals surface area contributed by atoms with Gasteiger partial charge in [-0.2, -0.15) is 4.31 Å². The van der Waals surface area contributed by atoms with E-state index in [-0.39, 0.29) is 0 Å². The first kappa shape index (κ1) is 14.2. The molecule has 0 unspecified atom stereocenters. The van der Waals surface area contributed by atoms with E-state index in [1.54, 1.807) is 31.3 Å². The number of nitrogens with one attached hydrogen (secondary N) is 1. The average molecular weight is 280 g/mol. The van der Waals surface area contributed by atoms with Gasteiger partial charge in [0.1, 0.15) is 0 Å². The average Bonchev–Trinajstić information content (AvgIpc) is 3.21. The fourth-order valence-electron chi connectivity index (χ4n) is 1.83. The maximum absolute atomic E-state index is 12.3. The van der Waals surface area contributed by atoms with Crippen LogP contribution >= 0.6 is 0 Å². The zero-order chi connectivity index (χ0) is 13.9. The van der Waals surface area contributed by atoms with E-state index < -0.39 is 10.0 Å². The summed E-state index contributed by atoms with van der Waals surface area (Å²) in [5, 5.41) is 3.38. The molecule has 1 fully saturated rings. The Bertz CT molecular complexity index is 550. The molecule has 0 spiro atoms. The van der Waals surface area contributed by atoms with Crippen molar-refractivity contribution < 1.29 is 8.42 Å². The third-order valence-corrected chi connectivity index (χ3v) is 4.98. The van der Waals surface area contributed by atoms with Gasteiger partial charge in [-0.05, 0) is 30.5 Å². The quantitative estimate of drug-likeness (QED) is 0.774. The summed E-state index contributed by atoms with van der Waals surface area (Å²) in [6, 6.07) is 7.73. The molecule has 1 aromatic rings. The molecule has 1 aliphatic carbocycles. The molecule has 2 rings (SSSR count). The lowest BCUT2D eigenvalue weighted by molar-refractivity contribution is 0.499. The summed E-state index contributed by atoms with van der Waals surface area (Å²) in [5.41, 5.74) is 1.000. The minimum Gasteiger partial charge on any atom is -0.310 e. The van der Waals surface area contributed by atoms with Crippen molar-refractivity contribution in [2.24, 2.45) is 0 Å². The molecule has 0 amide bonds. The number of nitrogens with zero attached hydrogens (tertiary/aromatic N) is 1. The summed E-state index contributed by atoms with van der Waals surface area (Å²) in [4.78, 5) is 0.340. The van der Waals surface area contributed by atoms with Gasteiger partial charge in [0.05, 0.1) is 4.90 Å². The highest BCUT2D eigenvalue weighted by molar-refractivity contribution is 7.89. The monoisotopic (exact) mass is 280 g/mol. The van der Waals surface area contributed by atoms with Gasteiger partial charge >= 0.3 is 0 Å². The summed E-state index contributed by atoms with van der Waals surface area (Å²) in [5.74, 6) is 0. The Labute approximate surface area is 115 Å². The van der Waals surface area contributed by atoms with Crippen LogP contribution in [0.15, 0.2) is 41.8 Å². The Morgan fingerprint density at radius 2 is 2.21 bits per heavy atom. The van der Waals surface area contributed by atoms with Crippen LogP contribution in [0.2, 0.25) is 0 Å². The highest BCUT2D eigenvalue weighted by atomic mass is 32.2. The fraction of sp³-hybridized carbons (Fsp3) is 0.429. The predicted octanol–water partition coefficient (Wildman–Crippen LogP) is 1.75. The molecule has 104 valence electrons. The first-order valence-corrected chi connectivity index (χ1v) is 7.87. The maximum Gasteiger partial charge on any atom is 0.243 e. The molecule has 1 N–H and O–H groups in total. The number of likely N-dealkylation sites (N-methyl/N-ethyl adjacent to an activating group) is 1. The molecule has 5 heteroatoms. The fourth-order valence-corrected chi connectivity index (χ4v) is 3.04. The molecule has 0 saturated heterocycles. The van der Waals surface area contributed by atoms with Crippen LogP contribution in [0.3, 0.4) is 0 Å². The second-order valence-corrected chi connectivity index (χ2v) is 6.92. The van der Waals surface area contributed by atoms with Gasteiger partial charge in [-0.25, -0.2) is 8.42 Å². The van der Waals surface area contributed by atoms with E-state index in [4.69, 9.17) is 0 Å². The number of hydrogen-bond donors (Lipinski definition) is 1. The van der Waals surface area contributed by atoms with Crippen LogP contribution in [0, 0.1) is 0 Å². The largest absolute Gasteiger partial charge is 0.310 e. The summed E-state index contributed by atoms with van der Waals surface area (Å²) < 4.78 is 25.9. The van der Waals surface area contributed by atoms with Gasteiger partial charge in [0.2, 0.25) is 10.0 Å². The van der Waals surface area contributed by atoms with Crippen molar-refractivity contribution >= 4 is 10.0 Å². The smallest absolute Gasteiger partial charge is 0.243 e. The van der Waals surface area contributed by atoms with Gasteiger partial charge in [0.25, 0.3) is 0 Å². The molecule has 1 saturated carbocycles. The van der Waals surface area contributed by atoms with Crippen molar-refractivity contribution in [3.63, 3.8) is 0 Å². The van der Waals surface area contributed by atoms with Gasteiger partial charge < -0.3 is 5.32 Å². The second-order valence-electron chi connectivity index (χ2n) is 4.88. The Kier molecular flexibility index (Phi) is 4.39. The standard InChI is InChI=1S/C14H20N2O2S/c1-3-9-16(2)19(17,18)14-6-4-5-12(10-14)11-15-13-7-8-13/h3-6,10,13,15H,1,7-9,11H2,2H3. The Morgan fingerprint density at radius 1 is 1.47 bits per heavy atom. The third-order valence-electron chi connectivity index (χ3n) is 3.17. The maximum atomic E-state index is 12.3. The lowest BCUT2D eigenvalue weighted by atomic mass is 10.2. The zero-order valence-electron chi connectivity index (χ0n) is 11.2. The van der Waals surface area contributed by atoms with E-state index in [1.165, 1.54) is 17.1 Å². The third kappa shape index (κ3) is 3.65. The SMILES string of the molecule is C=CCN(C)S(=O)(=O)c1cccc(CNC2CC2)c1. The van der Waals surface area contributed by atoms with Crippen molar-refractivity contribution in [1.29, 1.82) is 0 Å². The van der Waals surface area contributed by atoms with Gasteiger partial charge in [-0.15, -0.1) is 6.58 Å². The summed E-state index contributed by atoms with van der Waals surface area (Å²) >= 11 is 0. The topological polar surface area (TPSA) is 49.4 Å². The van der Waals surface area contributed by atoms with Crippen molar-refractivity contribution in [3.8, 4) is 0 Å². The Morgan fingerprint density at radius 3 is 2.84 bits per heavy atom. The zero-order valence-corrected chi connectivity index (χ0v) is 12.0. The second kappa shape index (κ2) is 5.86. The van der Waals surface area contributed by atoms with Gasteiger partial charge in [-0.1, -0.05) is 18.2 Å². The Hall–Kier alpha value is -1.17. The first-order chi connectivity index (χ1) is 9.04. The molecule has 19 heavy (non-hydrogen) atoms. The number of benzene rings is 1. The molecule has 0 bridgehead atoms. The predicted molar refractivity (Wildman–Crippen MR) is 76.3 cm³/mol. The molecular weight excluding hydrogens is 260 g/mol. The van der Waals surface area contributed by atoms with Crippen LogP contribution in [0.25, 0.3) is 0 Å². The van der Waals surface area contributed by atoms with E-state index in [1.807, 2.05) is 6.07 Å². The van der Waals surface area contributed by atoms with Crippen molar-refractivity contribution in [3.05, 3.63) is 42.5 Å². The molecular formula is C14H20N2O2S. The highest BCUT2D eigenvalue weighted by Crippen LogP contribution is 2.20. The van der Waals surface area contributed by atoms with Crippen LogP contribution in [-0.4, -0.2) is 32.4 Å². The van der Waals surface area contributed by atoms with Crippen molar-refractivity contribution in [1.82, 2.24) is 9.62 Å². The highest BCUT2D eigenvalue weighted by Gasteiger charge is 2.21. The van der Waals surface area contributed by atoms with E-state index in [9.17, 15) is 8.42 Å². The molecule has 0 atom stereocenters. The van der Waals surface area contributed by atoms with Crippen LogP contribution in [-0.2, 0) is 16.6 Å². The summed E-state index contributed by atoms with van der Waals surface area (Å²) in [6.07, 6.45) is 4.02. The number of sulfonamides is 1. The molecule has 0 aromatic heterocycles. The minimum absolute atomic E-state index is 0.312. The molecule has 0 radical (unpaired) electrons. The van der Waals surface area contributed by atoms with Gasteiger partial charge in [0, 0.05) is 26.2 Å². The van der Waals surface area contributed by atoms with E-state index in [0.29, 0.717) is 17.5 Å². The number of hydrogen-bond acceptors (Lipinski definition) is 3. The van der Waals surface area contributed by atoms with Gasteiger partial charge in [-0.3, -0.25) is 0 Å². The summed E-state index contributed by atoms with van der Waals surface area (Å²) in [6.45, 7) is 4.60. The van der Waals surface area contributed by atoms with E-state index >= 15 is 0 Å². The van der Waals surface area contributed by atoms with Gasteiger partial charge in [0.15, 0.2) is 0 Å². The van der Waals surface area contributed by atoms with Crippen molar-refractivity contribution in [2.45, 2.75) is 30.3 Å². The number of rotatable bonds is 7. The Balaban J connectivity index is 2.14. The molecule has 0 heterocycles. The van der Waals surface area contributed by atoms with Crippen LogP contribution in [0.4, 0.5) is 0 Å². The van der Waals surface area contributed by atoms with Crippen molar-refractivity contribution in [2.75, 3.05) is 13.6 Å². The summed E-state index contributed by atoms with van der Waals surface area (Å²) in [7, 11) is -1.85. The van der Waals surface area contributed by atoms with Crippen LogP contribution in [0.5, 0.6) is 0 Å². The molecule has 0 aliphatic heterocycles. The van der Waals surface area contributed by atoms with E-state index in [2.05, 4.69) is 11.9 Å². The van der Waals surface area contributed by atoms with Crippen LogP contribution < -0.4 is 5.32 Å². The van der Waals surface area contributed by atoms with E-state index in [0.717, 1.165) is 12.1 Å². The molecule has 4 nitrogen and oxygen atoms in total. The molecule has 1 aliphatic rings. The lowest BCUT2D eigenvalue weighted by Gasteiger charge is -2.15. The normalized spacial score (nSPS) is 15.7. The van der Waals surface area contributed by atoms with Crippen LogP contribution in [0.1, 0.15) is 18.4 Å². The molecule has 1 aromatic carbocycles. The minimum atomic E-state index is -3.41.